The molecule has 0 bridgehead atoms. The second-order valence-corrected chi connectivity index (χ2v) is 5.82. The van der Waals surface area contributed by atoms with Crippen molar-refractivity contribution in [3.8, 4) is 0 Å². The largest absolute Gasteiger partial charge is 0.396 e. The molecule has 1 aromatic carbocycles. The molecule has 0 amide bonds. The van der Waals surface area contributed by atoms with E-state index in [0.717, 1.165) is 16.5 Å². The molecule has 7 heteroatoms. The summed E-state index contributed by atoms with van der Waals surface area (Å²) in [7, 11) is 0. The first-order valence-corrected chi connectivity index (χ1v) is 8.38. The highest BCUT2D eigenvalue weighted by Crippen LogP contribution is 2.19. The topological polar surface area (TPSA) is 111 Å². The van der Waals surface area contributed by atoms with Crippen molar-refractivity contribution in [2.75, 3.05) is 24.2 Å². The SMILES string of the molecule is C/C(=N\OCCN)c1ccc(N)c(NCc2ccc3ncccc3c2)n1. The molecule has 0 spiro atoms. The van der Waals surface area contributed by atoms with Crippen LogP contribution in [-0.4, -0.2) is 28.8 Å². The molecule has 26 heavy (non-hydrogen) atoms. The number of hydrogen-bond acceptors (Lipinski definition) is 7. The third-order valence-electron chi connectivity index (χ3n) is 3.84. The number of anilines is 2. The Morgan fingerprint density at radius 3 is 2.96 bits per heavy atom. The van der Waals surface area contributed by atoms with Crippen LogP contribution in [0.25, 0.3) is 10.9 Å². The van der Waals surface area contributed by atoms with Gasteiger partial charge in [-0.2, -0.15) is 0 Å². The van der Waals surface area contributed by atoms with Crippen LogP contribution in [-0.2, 0) is 11.4 Å². The van der Waals surface area contributed by atoms with Crippen molar-refractivity contribution < 1.29 is 4.84 Å². The van der Waals surface area contributed by atoms with Gasteiger partial charge in [0.1, 0.15) is 18.1 Å². The van der Waals surface area contributed by atoms with Crippen LogP contribution in [0, 0.1) is 0 Å². The summed E-state index contributed by atoms with van der Waals surface area (Å²) in [5.41, 5.74) is 15.5. The number of hydrogen-bond donors (Lipinski definition) is 3. The van der Waals surface area contributed by atoms with Gasteiger partial charge in [0, 0.05) is 24.7 Å². The summed E-state index contributed by atoms with van der Waals surface area (Å²) in [6.45, 7) is 3.22. The van der Waals surface area contributed by atoms with Gasteiger partial charge in [0.25, 0.3) is 0 Å². The summed E-state index contributed by atoms with van der Waals surface area (Å²) in [5.74, 6) is 0.613. The molecule has 0 radical (unpaired) electrons. The second-order valence-electron chi connectivity index (χ2n) is 5.82. The lowest BCUT2D eigenvalue weighted by Crippen LogP contribution is -2.10. The molecule has 0 unspecified atom stereocenters. The minimum absolute atomic E-state index is 0.369. The Labute approximate surface area is 152 Å². The fraction of sp³-hybridized carbons (Fsp3) is 0.211. The molecule has 0 saturated heterocycles. The number of rotatable bonds is 7. The van der Waals surface area contributed by atoms with Crippen molar-refractivity contribution in [1.82, 2.24) is 9.97 Å². The van der Waals surface area contributed by atoms with Crippen LogP contribution in [0.15, 0.2) is 53.8 Å². The van der Waals surface area contributed by atoms with Gasteiger partial charge in [0.2, 0.25) is 0 Å². The van der Waals surface area contributed by atoms with Gasteiger partial charge in [0.05, 0.1) is 16.9 Å². The van der Waals surface area contributed by atoms with E-state index in [1.165, 1.54) is 0 Å². The van der Waals surface area contributed by atoms with Crippen LogP contribution >= 0.6 is 0 Å². The van der Waals surface area contributed by atoms with Gasteiger partial charge >= 0.3 is 0 Å². The number of nitrogen functional groups attached to an aromatic ring is 1. The molecule has 5 N–H and O–H groups in total. The van der Waals surface area contributed by atoms with Crippen molar-refractivity contribution >= 4 is 28.1 Å². The van der Waals surface area contributed by atoms with E-state index in [1.54, 1.807) is 12.3 Å². The van der Waals surface area contributed by atoms with Crippen molar-refractivity contribution in [1.29, 1.82) is 0 Å². The van der Waals surface area contributed by atoms with E-state index in [0.29, 0.717) is 42.6 Å². The molecule has 0 fully saturated rings. The Kier molecular flexibility index (Phi) is 5.60. The number of fused-ring (bicyclic) bond motifs is 1. The molecule has 3 aromatic rings. The smallest absolute Gasteiger partial charge is 0.150 e. The number of oxime groups is 1. The zero-order chi connectivity index (χ0) is 18.4. The zero-order valence-corrected chi connectivity index (χ0v) is 14.6. The summed E-state index contributed by atoms with van der Waals surface area (Å²) in [6, 6.07) is 13.7. The highest BCUT2D eigenvalue weighted by Gasteiger charge is 2.07. The van der Waals surface area contributed by atoms with Crippen LogP contribution in [0.4, 0.5) is 11.5 Å². The number of aromatic nitrogens is 2. The van der Waals surface area contributed by atoms with Gasteiger partial charge in [-0.15, -0.1) is 0 Å². The van der Waals surface area contributed by atoms with Gasteiger partial charge in [-0.05, 0) is 42.8 Å². The molecule has 0 aliphatic heterocycles. The monoisotopic (exact) mass is 350 g/mol. The van der Waals surface area contributed by atoms with E-state index in [1.807, 2.05) is 37.3 Å². The Bertz CT molecular complexity index is 925. The summed E-state index contributed by atoms with van der Waals surface area (Å²) >= 11 is 0. The number of pyridine rings is 2. The average molecular weight is 350 g/mol. The predicted molar refractivity (Wildman–Crippen MR) is 105 cm³/mol. The zero-order valence-electron chi connectivity index (χ0n) is 14.6. The van der Waals surface area contributed by atoms with Crippen LogP contribution in [0.1, 0.15) is 18.2 Å². The molecule has 2 heterocycles. The van der Waals surface area contributed by atoms with Crippen LogP contribution < -0.4 is 16.8 Å². The first-order valence-electron chi connectivity index (χ1n) is 8.38. The number of benzene rings is 1. The predicted octanol–water partition coefficient (Wildman–Crippen LogP) is 2.52. The lowest BCUT2D eigenvalue weighted by molar-refractivity contribution is 0.152. The maximum absolute atomic E-state index is 6.04. The van der Waals surface area contributed by atoms with E-state index in [9.17, 15) is 0 Å². The maximum Gasteiger partial charge on any atom is 0.150 e. The van der Waals surface area contributed by atoms with Gasteiger partial charge in [-0.25, -0.2) is 4.98 Å². The van der Waals surface area contributed by atoms with Gasteiger partial charge in [0.15, 0.2) is 0 Å². The van der Waals surface area contributed by atoms with Crippen LogP contribution in [0.5, 0.6) is 0 Å². The fourth-order valence-corrected chi connectivity index (χ4v) is 2.48. The number of nitrogens with two attached hydrogens (primary N) is 2. The van der Waals surface area contributed by atoms with E-state index < -0.39 is 0 Å². The molecular formula is C19H22N6O. The molecule has 3 rings (SSSR count). The minimum atomic E-state index is 0.369. The van der Waals surface area contributed by atoms with E-state index in [2.05, 4.69) is 26.5 Å². The molecule has 0 saturated carbocycles. The first-order chi connectivity index (χ1) is 12.7. The van der Waals surface area contributed by atoms with Gasteiger partial charge in [-0.1, -0.05) is 17.3 Å². The molecule has 7 nitrogen and oxygen atoms in total. The Morgan fingerprint density at radius 2 is 2.12 bits per heavy atom. The van der Waals surface area contributed by atoms with E-state index >= 15 is 0 Å². The van der Waals surface area contributed by atoms with Crippen molar-refractivity contribution in [3.05, 3.63) is 59.9 Å². The van der Waals surface area contributed by atoms with Gasteiger partial charge < -0.3 is 21.6 Å². The van der Waals surface area contributed by atoms with Crippen molar-refractivity contribution in [2.24, 2.45) is 10.9 Å². The van der Waals surface area contributed by atoms with E-state index in [-0.39, 0.29) is 0 Å². The molecular weight excluding hydrogens is 328 g/mol. The molecule has 0 atom stereocenters. The van der Waals surface area contributed by atoms with E-state index in [4.69, 9.17) is 16.3 Å². The summed E-state index contributed by atoms with van der Waals surface area (Å²) in [6.07, 6.45) is 1.79. The van der Waals surface area contributed by atoms with Crippen LogP contribution in [0.2, 0.25) is 0 Å². The minimum Gasteiger partial charge on any atom is -0.396 e. The molecule has 0 aliphatic carbocycles. The highest BCUT2D eigenvalue weighted by atomic mass is 16.6. The normalized spacial score (nSPS) is 11.5. The first kappa shape index (κ1) is 17.6. The summed E-state index contributed by atoms with van der Waals surface area (Å²) in [5, 5.41) is 8.39. The Balaban J connectivity index is 1.74. The lowest BCUT2D eigenvalue weighted by Gasteiger charge is -2.11. The Hall–Kier alpha value is -3.19. The summed E-state index contributed by atoms with van der Waals surface area (Å²) in [4.78, 5) is 14.0. The molecule has 2 aromatic heterocycles. The second kappa shape index (κ2) is 8.26. The lowest BCUT2D eigenvalue weighted by atomic mass is 10.1. The highest BCUT2D eigenvalue weighted by molar-refractivity contribution is 5.97. The quantitative estimate of drug-likeness (QED) is 0.343. The average Bonchev–Trinajstić information content (AvgIpc) is 2.67. The molecule has 0 aliphatic rings. The maximum atomic E-state index is 6.04. The summed E-state index contributed by atoms with van der Waals surface area (Å²) < 4.78 is 0. The van der Waals surface area contributed by atoms with Crippen molar-refractivity contribution in [3.63, 3.8) is 0 Å². The van der Waals surface area contributed by atoms with Gasteiger partial charge in [-0.3, -0.25) is 4.98 Å². The fourth-order valence-electron chi connectivity index (χ4n) is 2.48. The Morgan fingerprint density at radius 1 is 1.23 bits per heavy atom. The standard InChI is InChI=1S/C19H22N6O/c1-13(25-26-10-8-20)17-7-5-16(21)19(24-17)23-12-14-4-6-18-15(11-14)3-2-9-22-18/h2-7,9,11H,8,10,12,20-21H2,1H3,(H,23,24)/b25-13+. The third-order valence-corrected chi connectivity index (χ3v) is 3.84. The number of nitrogens with zero attached hydrogens (tertiary/aromatic N) is 3. The third kappa shape index (κ3) is 4.25. The van der Waals surface area contributed by atoms with Crippen molar-refractivity contribution in [2.45, 2.75) is 13.5 Å². The van der Waals surface area contributed by atoms with Crippen LogP contribution in [0.3, 0.4) is 0 Å². The molecule has 134 valence electrons. The number of nitrogens with one attached hydrogen (secondary N) is 1.